The normalized spacial score (nSPS) is 11.0. The number of aromatic nitrogens is 4. The second-order valence-electron chi connectivity index (χ2n) is 5.78. The summed E-state index contributed by atoms with van der Waals surface area (Å²) in [7, 11) is 1.34. The highest BCUT2D eigenvalue weighted by Gasteiger charge is 2.14. The molecule has 0 saturated heterocycles. The number of ether oxygens (including phenoxy) is 2. The zero-order valence-corrected chi connectivity index (χ0v) is 15.3. The number of amides is 1. The number of nitrogens with one attached hydrogen (secondary N) is 2. The average Bonchev–Trinajstić information content (AvgIpc) is 3.21. The maximum atomic E-state index is 12.7. The van der Waals surface area contributed by atoms with Crippen LogP contribution in [0.5, 0.6) is 11.5 Å². The van der Waals surface area contributed by atoms with Crippen LogP contribution in [0.3, 0.4) is 0 Å². The van der Waals surface area contributed by atoms with Gasteiger partial charge in [0.25, 0.3) is 0 Å². The summed E-state index contributed by atoms with van der Waals surface area (Å²) >= 11 is 0. The summed E-state index contributed by atoms with van der Waals surface area (Å²) in [6.07, 6.45) is 3.11. The van der Waals surface area contributed by atoms with E-state index in [0.29, 0.717) is 17.9 Å². The molecule has 29 heavy (non-hydrogen) atoms. The summed E-state index contributed by atoms with van der Waals surface area (Å²) in [5.74, 6) is 0.136. The van der Waals surface area contributed by atoms with Gasteiger partial charge in [0.2, 0.25) is 5.91 Å². The molecular weight excluding hydrogens is 384 g/mol. The third-order valence-corrected chi connectivity index (χ3v) is 3.82. The number of carbonyl (C=O) groups excluding carboxylic acids is 1. The highest BCUT2D eigenvalue weighted by Crippen LogP contribution is 2.33. The Morgan fingerprint density at radius 1 is 1.24 bits per heavy atom. The fraction of sp³-hybridized carbons (Fsp3) is 0.158. The van der Waals surface area contributed by atoms with E-state index < -0.39 is 12.5 Å². The Morgan fingerprint density at radius 3 is 2.69 bits per heavy atom. The fourth-order valence-corrected chi connectivity index (χ4v) is 2.54. The topological polar surface area (TPSA) is 102 Å². The van der Waals surface area contributed by atoms with Crippen molar-refractivity contribution in [3.63, 3.8) is 0 Å². The Hall–Kier alpha value is -3.82. The van der Waals surface area contributed by atoms with E-state index in [1.807, 2.05) is 12.1 Å². The number of H-pyrrole nitrogens is 1. The minimum atomic E-state index is -3.02. The molecule has 3 aromatic rings. The van der Waals surface area contributed by atoms with Crippen molar-refractivity contribution in [1.82, 2.24) is 20.6 Å². The first-order valence-electron chi connectivity index (χ1n) is 8.47. The molecular formula is C19H17F2N5O3. The van der Waals surface area contributed by atoms with E-state index in [1.165, 1.54) is 31.4 Å². The van der Waals surface area contributed by atoms with Crippen LogP contribution in [0.15, 0.2) is 48.5 Å². The van der Waals surface area contributed by atoms with Crippen molar-refractivity contribution in [1.29, 1.82) is 0 Å². The van der Waals surface area contributed by atoms with E-state index in [2.05, 4.69) is 30.7 Å². The SMILES string of the molecule is COc1cccc(/C=C/C(=O)Nc2ccc(Cc3nn[nH]n3)cc2)c1OC(F)F. The van der Waals surface area contributed by atoms with E-state index in [-0.39, 0.29) is 17.1 Å². The number of anilines is 1. The first-order chi connectivity index (χ1) is 14.0. The molecule has 0 radical (unpaired) electrons. The van der Waals surface area contributed by atoms with Crippen molar-refractivity contribution >= 4 is 17.7 Å². The van der Waals surface area contributed by atoms with Crippen LogP contribution in [-0.4, -0.2) is 40.3 Å². The number of hydrogen-bond donors (Lipinski definition) is 2. The van der Waals surface area contributed by atoms with Crippen LogP contribution in [0.25, 0.3) is 6.08 Å². The largest absolute Gasteiger partial charge is 0.493 e. The molecule has 0 spiro atoms. The lowest BCUT2D eigenvalue weighted by Crippen LogP contribution is -2.08. The molecule has 3 rings (SSSR count). The number of aromatic amines is 1. The Labute approximate surface area is 164 Å². The number of para-hydroxylation sites is 1. The highest BCUT2D eigenvalue weighted by atomic mass is 19.3. The van der Waals surface area contributed by atoms with Crippen molar-refractivity contribution in [2.75, 3.05) is 12.4 Å². The summed E-state index contributed by atoms with van der Waals surface area (Å²) in [5, 5.41) is 16.3. The molecule has 2 N–H and O–H groups in total. The number of rotatable bonds is 8. The molecule has 0 unspecified atom stereocenters. The van der Waals surface area contributed by atoms with E-state index in [4.69, 9.17) is 4.74 Å². The summed E-state index contributed by atoms with van der Waals surface area (Å²) in [5.41, 5.74) is 1.81. The van der Waals surface area contributed by atoms with Crippen LogP contribution >= 0.6 is 0 Å². The third kappa shape index (κ3) is 5.58. The standard InChI is InChI=1S/C19H17F2N5O3/c1-28-15-4-2-3-13(18(15)29-19(20)21)7-10-17(27)22-14-8-5-12(6-9-14)11-16-23-25-26-24-16/h2-10,19H,11H2,1H3,(H,22,27)(H,23,24,25,26)/b10-7+. The maximum absolute atomic E-state index is 12.7. The van der Waals surface area contributed by atoms with Crippen LogP contribution in [0, 0.1) is 0 Å². The first-order valence-corrected chi connectivity index (χ1v) is 8.47. The van der Waals surface area contributed by atoms with Gasteiger partial charge in [0.05, 0.1) is 7.11 Å². The number of halogens is 2. The number of benzene rings is 2. The van der Waals surface area contributed by atoms with Crippen LogP contribution in [0.2, 0.25) is 0 Å². The molecule has 0 fully saturated rings. The van der Waals surface area contributed by atoms with Gasteiger partial charge >= 0.3 is 6.61 Å². The van der Waals surface area contributed by atoms with E-state index in [1.54, 1.807) is 18.2 Å². The Bertz CT molecular complexity index is 976. The van der Waals surface area contributed by atoms with Gasteiger partial charge in [-0.1, -0.05) is 29.5 Å². The minimum Gasteiger partial charge on any atom is -0.493 e. The molecule has 1 aromatic heterocycles. The van der Waals surface area contributed by atoms with Crippen LogP contribution in [0.1, 0.15) is 17.0 Å². The number of tetrazole rings is 1. The van der Waals surface area contributed by atoms with E-state index in [0.717, 1.165) is 5.56 Å². The van der Waals surface area contributed by atoms with Gasteiger partial charge in [-0.3, -0.25) is 4.79 Å². The summed E-state index contributed by atoms with van der Waals surface area (Å²) in [4.78, 5) is 12.2. The number of methoxy groups -OCH3 is 1. The first kappa shape index (κ1) is 19.9. The van der Waals surface area contributed by atoms with Gasteiger partial charge in [0, 0.05) is 23.7 Å². The van der Waals surface area contributed by atoms with Crippen molar-refractivity contribution in [2.24, 2.45) is 0 Å². The van der Waals surface area contributed by atoms with Gasteiger partial charge in [0.15, 0.2) is 17.3 Å². The zero-order valence-electron chi connectivity index (χ0n) is 15.3. The highest BCUT2D eigenvalue weighted by molar-refractivity contribution is 6.02. The van der Waals surface area contributed by atoms with Crippen molar-refractivity contribution in [3.05, 3.63) is 65.5 Å². The van der Waals surface area contributed by atoms with Crippen molar-refractivity contribution in [3.8, 4) is 11.5 Å². The van der Waals surface area contributed by atoms with Crippen LogP contribution in [-0.2, 0) is 11.2 Å². The lowest BCUT2D eigenvalue weighted by atomic mass is 10.1. The molecule has 2 aromatic carbocycles. The van der Waals surface area contributed by atoms with Gasteiger partial charge in [0.1, 0.15) is 0 Å². The number of hydrogen-bond acceptors (Lipinski definition) is 6. The smallest absolute Gasteiger partial charge is 0.387 e. The average molecular weight is 401 g/mol. The quantitative estimate of drug-likeness (QED) is 0.563. The van der Waals surface area contributed by atoms with Gasteiger partial charge in [-0.2, -0.15) is 14.0 Å². The lowest BCUT2D eigenvalue weighted by molar-refractivity contribution is -0.111. The van der Waals surface area contributed by atoms with Gasteiger partial charge in [-0.05, 0) is 29.8 Å². The van der Waals surface area contributed by atoms with E-state index >= 15 is 0 Å². The van der Waals surface area contributed by atoms with E-state index in [9.17, 15) is 13.6 Å². The number of alkyl halides is 2. The van der Waals surface area contributed by atoms with Gasteiger partial charge < -0.3 is 14.8 Å². The monoisotopic (exact) mass is 401 g/mol. The minimum absolute atomic E-state index is 0.139. The molecule has 1 heterocycles. The second-order valence-corrected chi connectivity index (χ2v) is 5.78. The van der Waals surface area contributed by atoms with Crippen LogP contribution < -0.4 is 14.8 Å². The molecule has 0 aliphatic rings. The molecule has 0 aliphatic carbocycles. The maximum Gasteiger partial charge on any atom is 0.387 e. The predicted molar refractivity (Wildman–Crippen MR) is 101 cm³/mol. The fourth-order valence-electron chi connectivity index (χ4n) is 2.54. The van der Waals surface area contributed by atoms with Gasteiger partial charge in [-0.25, -0.2) is 0 Å². The molecule has 0 atom stereocenters. The molecule has 10 heteroatoms. The number of nitrogens with zero attached hydrogens (tertiary/aromatic N) is 3. The zero-order chi connectivity index (χ0) is 20.6. The van der Waals surface area contributed by atoms with Crippen LogP contribution in [0.4, 0.5) is 14.5 Å². The summed E-state index contributed by atoms with van der Waals surface area (Å²) in [6, 6.07) is 11.8. The molecule has 0 saturated carbocycles. The molecule has 0 bridgehead atoms. The Balaban J connectivity index is 1.65. The number of carbonyl (C=O) groups is 1. The molecule has 8 nitrogen and oxygen atoms in total. The summed E-state index contributed by atoms with van der Waals surface area (Å²) < 4.78 is 34.9. The third-order valence-electron chi connectivity index (χ3n) is 3.82. The summed E-state index contributed by atoms with van der Waals surface area (Å²) in [6.45, 7) is -3.02. The van der Waals surface area contributed by atoms with Gasteiger partial charge in [-0.15, -0.1) is 10.2 Å². The second kappa shape index (κ2) is 9.40. The molecule has 0 aliphatic heterocycles. The van der Waals surface area contributed by atoms with Crippen molar-refractivity contribution < 1.29 is 23.0 Å². The lowest BCUT2D eigenvalue weighted by Gasteiger charge is -2.12. The predicted octanol–water partition coefficient (Wildman–Crippen LogP) is 3.05. The Morgan fingerprint density at radius 2 is 2.03 bits per heavy atom. The van der Waals surface area contributed by atoms with Crippen molar-refractivity contribution in [2.45, 2.75) is 13.0 Å². The molecule has 150 valence electrons. The Kier molecular flexibility index (Phi) is 6.46. The molecule has 1 amide bonds.